The molecule has 0 aliphatic carbocycles. The third kappa shape index (κ3) is 5.67. The molecule has 0 saturated carbocycles. The van der Waals surface area contributed by atoms with Gasteiger partial charge in [0.1, 0.15) is 0 Å². The van der Waals surface area contributed by atoms with Crippen LogP contribution >= 0.6 is 34.5 Å². The van der Waals surface area contributed by atoms with Crippen molar-refractivity contribution in [3.8, 4) is 0 Å². The number of carbonyl (C=O) groups excluding carboxylic acids is 1. The molecule has 0 atom stereocenters. The van der Waals surface area contributed by atoms with Crippen LogP contribution < -0.4 is 4.80 Å². The van der Waals surface area contributed by atoms with E-state index in [9.17, 15) is 13.2 Å². The van der Waals surface area contributed by atoms with E-state index < -0.39 is 15.9 Å². The summed E-state index contributed by atoms with van der Waals surface area (Å²) < 4.78 is 34.5. The molecular formula is C22H25Cl2N3O4S2. The SMILES string of the molecule is CCCCN(C)S(=O)(=O)c1ccc(C(=O)N=c2sc3ccc(Cl)c(Cl)c3n2CCOC)cc1. The quantitative estimate of drug-likeness (QED) is 0.398. The highest BCUT2D eigenvalue weighted by Crippen LogP contribution is 2.32. The number of amides is 1. The van der Waals surface area contributed by atoms with E-state index >= 15 is 0 Å². The van der Waals surface area contributed by atoms with Crippen LogP contribution in [0.1, 0.15) is 30.1 Å². The summed E-state index contributed by atoms with van der Waals surface area (Å²) in [5.41, 5.74) is 0.972. The van der Waals surface area contributed by atoms with Gasteiger partial charge >= 0.3 is 0 Å². The smallest absolute Gasteiger partial charge is 0.279 e. The molecule has 0 saturated heterocycles. The van der Waals surface area contributed by atoms with E-state index in [-0.39, 0.29) is 10.5 Å². The van der Waals surface area contributed by atoms with Crippen LogP contribution in [0.15, 0.2) is 46.3 Å². The highest BCUT2D eigenvalue weighted by atomic mass is 35.5. The Hall–Kier alpha value is -1.75. The molecule has 1 aromatic heterocycles. The van der Waals surface area contributed by atoms with Crippen molar-refractivity contribution in [3.05, 3.63) is 56.8 Å². The second-order valence-corrected chi connectivity index (χ2v) is 11.2. The predicted octanol–water partition coefficient (Wildman–Crippen LogP) is 4.82. The van der Waals surface area contributed by atoms with Crippen molar-refractivity contribution < 1.29 is 17.9 Å². The largest absolute Gasteiger partial charge is 0.383 e. The molecule has 1 amide bonds. The number of hydrogen-bond donors (Lipinski definition) is 0. The molecule has 0 fully saturated rings. The standard InChI is InChI=1S/C22H25Cl2N3O4S2/c1-4-5-12-26(2)33(29,30)16-8-6-15(7-9-16)21(28)25-22-27(13-14-31-3)20-18(32-22)11-10-17(23)19(20)24/h6-11H,4-5,12-14H2,1-3H3. The van der Waals surface area contributed by atoms with Crippen molar-refractivity contribution in [2.24, 2.45) is 4.99 Å². The lowest BCUT2D eigenvalue weighted by Gasteiger charge is -2.16. The van der Waals surface area contributed by atoms with Crippen LogP contribution in [0.4, 0.5) is 0 Å². The zero-order chi connectivity index (χ0) is 24.2. The van der Waals surface area contributed by atoms with Gasteiger partial charge in [0.25, 0.3) is 5.91 Å². The first-order valence-electron chi connectivity index (χ1n) is 10.3. The van der Waals surface area contributed by atoms with E-state index in [1.165, 1.54) is 39.9 Å². The summed E-state index contributed by atoms with van der Waals surface area (Å²) in [6.45, 7) is 3.27. The minimum atomic E-state index is -3.61. The number of unbranched alkanes of at least 4 members (excludes halogenated alkanes) is 1. The molecule has 11 heteroatoms. The molecule has 3 rings (SSSR count). The number of thiazole rings is 1. The fraction of sp³-hybridized carbons (Fsp3) is 0.364. The number of sulfonamides is 1. The lowest BCUT2D eigenvalue weighted by molar-refractivity contribution is 0.0997. The van der Waals surface area contributed by atoms with Crippen LogP contribution in [0.2, 0.25) is 10.0 Å². The van der Waals surface area contributed by atoms with Crippen molar-refractivity contribution in [1.82, 2.24) is 8.87 Å². The second kappa shape index (κ2) is 11.1. The van der Waals surface area contributed by atoms with Gasteiger partial charge < -0.3 is 9.30 Å². The minimum absolute atomic E-state index is 0.135. The zero-order valence-electron chi connectivity index (χ0n) is 18.5. The molecule has 7 nitrogen and oxygen atoms in total. The number of halogens is 2. The van der Waals surface area contributed by atoms with Gasteiger partial charge in [0.05, 0.1) is 31.8 Å². The average molecular weight is 530 g/mol. The number of rotatable bonds is 9. The number of fused-ring (bicyclic) bond motifs is 1. The summed E-state index contributed by atoms with van der Waals surface area (Å²) in [7, 11) is -0.471. The number of ether oxygens (including phenoxy) is 1. The Morgan fingerprint density at radius 1 is 1.18 bits per heavy atom. The zero-order valence-corrected chi connectivity index (χ0v) is 21.7. The molecule has 178 valence electrons. The normalized spacial score (nSPS) is 12.7. The summed E-state index contributed by atoms with van der Waals surface area (Å²) >= 11 is 13.9. The Morgan fingerprint density at radius 3 is 2.52 bits per heavy atom. The molecule has 33 heavy (non-hydrogen) atoms. The van der Waals surface area contributed by atoms with Crippen LogP contribution in [-0.2, 0) is 21.3 Å². The van der Waals surface area contributed by atoms with Crippen LogP contribution in [0.25, 0.3) is 10.2 Å². The lowest BCUT2D eigenvalue weighted by Crippen LogP contribution is -2.27. The molecule has 0 radical (unpaired) electrons. The van der Waals surface area contributed by atoms with Crippen molar-refractivity contribution in [2.45, 2.75) is 31.2 Å². The Labute approximate surface area is 207 Å². The van der Waals surface area contributed by atoms with Gasteiger partial charge in [-0.05, 0) is 42.8 Å². The van der Waals surface area contributed by atoms with Crippen molar-refractivity contribution in [3.63, 3.8) is 0 Å². The maximum Gasteiger partial charge on any atom is 0.279 e. The molecule has 0 spiro atoms. The van der Waals surface area contributed by atoms with Gasteiger partial charge in [0.2, 0.25) is 10.0 Å². The van der Waals surface area contributed by atoms with Crippen molar-refractivity contribution >= 4 is 60.7 Å². The van der Waals surface area contributed by atoms with E-state index in [1.807, 2.05) is 13.0 Å². The molecule has 0 aliphatic heterocycles. The van der Waals surface area contributed by atoms with Gasteiger partial charge in [-0.1, -0.05) is 47.9 Å². The molecule has 1 heterocycles. The number of aromatic nitrogens is 1. The molecule has 0 bridgehead atoms. The maximum absolute atomic E-state index is 12.9. The van der Waals surface area contributed by atoms with Crippen LogP contribution in [0.5, 0.6) is 0 Å². The van der Waals surface area contributed by atoms with E-state index in [1.54, 1.807) is 24.8 Å². The first-order chi connectivity index (χ1) is 15.7. The predicted molar refractivity (Wildman–Crippen MR) is 133 cm³/mol. The van der Waals surface area contributed by atoms with Gasteiger partial charge in [-0.2, -0.15) is 4.99 Å². The highest BCUT2D eigenvalue weighted by Gasteiger charge is 2.21. The Bertz CT molecular complexity index is 1320. The summed E-state index contributed by atoms with van der Waals surface area (Å²) in [4.78, 5) is 17.8. The summed E-state index contributed by atoms with van der Waals surface area (Å²) in [6.07, 6.45) is 1.67. The van der Waals surface area contributed by atoms with E-state index in [4.69, 9.17) is 27.9 Å². The fourth-order valence-electron chi connectivity index (χ4n) is 3.18. The number of benzene rings is 2. The lowest BCUT2D eigenvalue weighted by atomic mass is 10.2. The maximum atomic E-state index is 12.9. The number of methoxy groups -OCH3 is 1. The van der Waals surface area contributed by atoms with Crippen molar-refractivity contribution in [2.75, 3.05) is 27.3 Å². The third-order valence-corrected chi connectivity index (χ3v) is 8.80. The van der Waals surface area contributed by atoms with Crippen LogP contribution in [-0.4, -0.2) is 50.5 Å². The fourth-order valence-corrected chi connectivity index (χ4v) is 5.93. The first kappa shape index (κ1) is 25.9. The molecule has 3 aromatic rings. The summed E-state index contributed by atoms with van der Waals surface area (Å²) in [5, 5.41) is 0.795. The van der Waals surface area contributed by atoms with Gasteiger partial charge in [-0.3, -0.25) is 4.79 Å². The number of hydrogen-bond acceptors (Lipinski definition) is 5. The molecule has 2 aromatic carbocycles. The third-order valence-electron chi connectivity index (χ3n) is 5.09. The molecule has 0 unspecified atom stereocenters. The Morgan fingerprint density at radius 2 is 1.88 bits per heavy atom. The van der Waals surface area contributed by atoms with Crippen molar-refractivity contribution in [1.29, 1.82) is 0 Å². The van der Waals surface area contributed by atoms with Gasteiger partial charge in [-0.15, -0.1) is 0 Å². The molecule has 0 aliphatic rings. The summed E-state index contributed by atoms with van der Waals surface area (Å²) in [6, 6.07) is 9.34. The van der Waals surface area contributed by atoms with E-state index in [0.29, 0.717) is 40.1 Å². The second-order valence-electron chi connectivity index (χ2n) is 7.36. The van der Waals surface area contributed by atoms with E-state index in [2.05, 4.69) is 4.99 Å². The van der Waals surface area contributed by atoms with Gasteiger partial charge in [-0.25, -0.2) is 12.7 Å². The monoisotopic (exact) mass is 529 g/mol. The Balaban J connectivity index is 1.96. The number of carbonyl (C=O) groups is 1. The van der Waals surface area contributed by atoms with E-state index in [0.717, 1.165) is 17.5 Å². The Kier molecular flexibility index (Phi) is 8.71. The summed E-state index contributed by atoms with van der Waals surface area (Å²) in [5.74, 6) is -0.488. The topological polar surface area (TPSA) is 81.0 Å². The number of nitrogens with zero attached hydrogens (tertiary/aromatic N) is 3. The first-order valence-corrected chi connectivity index (χ1v) is 13.3. The van der Waals surface area contributed by atoms with Crippen LogP contribution in [0.3, 0.4) is 0 Å². The van der Waals surface area contributed by atoms with Crippen LogP contribution in [0, 0.1) is 0 Å². The van der Waals surface area contributed by atoms with Gasteiger partial charge in [0, 0.05) is 32.8 Å². The molecule has 0 N–H and O–H groups in total. The van der Waals surface area contributed by atoms with Gasteiger partial charge in [0.15, 0.2) is 4.80 Å². The average Bonchev–Trinajstić information content (AvgIpc) is 3.15. The molecular weight excluding hydrogens is 505 g/mol. The highest BCUT2D eigenvalue weighted by molar-refractivity contribution is 7.89. The minimum Gasteiger partial charge on any atom is -0.383 e.